The summed E-state index contributed by atoms with van der Waals surface area (Å²) in [7, 11) is -3.92. The average molecular weight is 346 g/mol. The summed E-state index contributed by atoms with van der Waals surface area (Å²) in [6.07, 6.45) is 0. The third-order valence-corrected chi connectivity index (χ3v) is 5.07. The molecule has 112 valence electrons. The van der Waals surface area contributed by atoms with Crippen LogP contribution in [0.25, 0.3) is 11.4 Å². The van der Waals surface area contributed by atoms with E-state index in [-0.39, 0.29) is 16.1 Å². The van der Waals surface area contributed by atoms with Crippen molar-refractivity contribution in [2.45, 2.75) is 18.2 Å². The summed E-state index contributed by atoms with van der Waals surface area (Å²) in [6.45, 7) is 3.55. The summed E-state index contributed by atoms with van der Waals surface area (Å²) in [5.41, 5.74) is 0.572. The predicted octanol–water partition coefficient (Wildman–Crippen LogP) is 3.00. The predicted molar refractivity (Wildman–Crippen MR) is 82.3 cm³/mol. The molecule has 0 fully saturated rings. The maximum atomic E-state index is 12.1. The molecule has 0 N–H and O–H groups in total. The van der Waals surface area contributed by atoms with Crippen LogP contribution in [0.15, 0.2) is 33.0 Å². The number of halogens is 1. The minimum Gasteiger partial charge on any atom is -0.481 e. The lowest BCUT2D eigenvalue weighted by Crippen LogP contribution is -2.05. The lowest BCUT2D eigenvalue weighted by molar-refractivity contribution is 0.325. The molecule has 0 bridgehead atoms. The van der Waals surface area contributed by atoms with E-state index in [1.54, 1.807) is 31.2 Å². The van der Waals surface area contributed by atoms with Crippen LogP contribution in [-0.2, 0) is 14.8 Å². The van der Waals surface area contributed by atoms with Crippen molar-refractivity contribution in [3.63, 3.8) is 0 Å². The third-order valence-electron chi connectivity index (χ3n) is 2.34. The van der Waals surface area contributed by atoms with E-state index in [1.807, 2.05) is 0 Å². The first-order valence-electron chi connectivity index (χ1n) is 5.97. The normalized spacial score (nSPS) is 12.4. The standard InChI is InChI=1S/C12H12ClN3O3S2/c1-3-19-8(2)16-21(17,18)12-14-11(15-20-12)9-6-4-5-7-10(9)13/h4-7H,3H2,1-2H3. The highest BCUT2D eigenvalue weighted by Crippen LogP contribution is 2.27. The van der Waals surface area contributed by atoms with Crippen LogP contribution in [0.2, 0.25) is 5.02 Å². The minimum atomic E-state index is -3.92. The Balaban J connectivity index is 2.36. The van der Waals surface area contributed by atoms with E-state index in [0.29, 0.717) is 17.2 Å². The summed E-state index contributed by atoms with van der Waals surface area (Å²) < 4.78 is 36.5. The van der Waals surface area contributed by atoms with Gasteiger partial charge in [-0.2, -0.15) is 12.8 Å². The fourth-order valence-electron chi connectivity index (χ4n) is 1.51. The van der Waals surface area contributed by atoms with Gasteiger partial charge in [-0.15, -0.1) is 4.40 Å². The summed E-state index contributed by atoms with van der Waals surface area (Å²) >= 11 is 6.79. The molecule has 2 rings (SSSR count). The largest absolute Gasteiger partial charge is 0.481 e. The van der Waals surface area contributed by atoms with Gasteiger partial charge < -0.3 is 4.74 Å². The van der Waals surface area contributed by atoms with Crippen molar-refractivity contribution in [3.8, 4) is 11.4 Å². The highest BCUT2D eigenvalue weighted by molar-refractivity contribution is 7.92. The molecular weight excluding hydrogens is 334 g/mol. The topological polar surface area (TPSA) is 81.5 Å². The van der Waals surface area contributed by atoms with Gasteiger partial charge in [-0.05, 0) is 19.1 Å². The van der Waals surface area contributed by atoms with Gasteiger partial charge in [-0.3, -0.25) is 0 Å². The van der Waals surface area contributed by atoms with Crippen molar-refractivity contribution in [2.24, 2.45) is 4.40 Å². The number of sulfonamides is 1. The zero-order valence-electron chi connectivity index (χ0n) is 11.3. The highest BCUT2D eigenvalue weighted by Gasteiger charge is 2.21. The maximum absolute atomic E-state index is 12.1. The maximum Gasteiger partial charge on any atom is 0.314 e. The monoisotopic (exact) mass is 345 g/mol. The molecule has 0 aliphatic heterocycles. The van der Waals surface area contributed by atoms with Gasteiger partial charge in [-0.25, -0.2) is 4.98 Å². The quantitative estimate of drug-likeness (QED) is 0.628. The van der Waals surface area contributed by atoms with E-state index < -0.39 is 10.0 Å². The summed E-state index contributed by atoms with van der Waals surface area (Å²) in [5.74, 6) is 0.320. The molecule has 0 amide bonds. The molecule has 0 radical (unpaired) electrons. The smallest absolute Gasteiger partial charge is 0.314 e. The Hall–Kier alpha value is -1.51. The van der Waals surface area contributed by atoms with Crippen LogP contribution in [-0.4, -0.2) is 30.3 Å². The van der Waals surface area contributed by atoms with E-state index in [0.717, 1.165) is 11.5 Å². The van der Waals surface area contributed by atoms with Crippen LogP contribution < -0.4 is 0 Å². The van der Waals surface area contributed by atoms with Crippen LogP contribution in [0.4, 0.5) is 0 Å². The van der Waals surface area contributed by atoms with E-state index in [9.17, 15) is 8.42 Å². The number of nitrogens with zero attached hydrogens (tertiary/aromatic N) is 3. The zero-order chi connectivity index (χ0) is 15.5. The van der Waals surface area contributed by atoms with Gasteiger partial charge >= 0.3 is 10.0 Å². The molecule has 6 nitrogen and oxygen atoms in total. The Kier molecular flexibility index (Phi) is 4.92. The van der Waals surface area contributed by atoms with Crippen molar-refractivity contribution >= 4 is 39.1 Å². The molecule has 0 unspecified atom stereocenters. The zero-order valence-corrected chi connectivity index (χ0v) is 13.7. The van der Waals surface area contributed by atoms with Gasteiger partial charge in [-0.1, -0.05) is 23.7 Å². The molecular formula is C12H12ClN3O3S2. The van der Waals surface area contributed by atoms with E-state index >= 15 is 0 Å². The lowest BCUT2D eigenvalue weighted by atomic mass is 10.2. The molecule has 1 aromatic heterocycles. The van der Waals surface area contributed by atoms with Crippen molar-refractivity contribution < 1.29 is 13.2 Å². The fourth-order valence-corrected chi connectivity index (χ4v) is 3.43. The van der Waals surface area contributed by atoms with E-state index in [1.165, 1.54) is 6.92 Å². The molecule has 1 heterocycles. The second-order valence-corrected chi connectivity index (χ2v) is 6.82. The molecule has 2 aromatic rings. The lowest BCUT2D eigenvalue weighted by Gasteiger charge is -2.00. The second-order valence-electron chi connectivity index (χ2n) is 3.88. The van der Waals surface area contributed by atoms with Crippen molar-refractivity contribution in [1.82, 2.24) is 9.36 Å². The molecule has 9 heteroatoms. The number of aromatic nitrogens is 2. The first kappa shape index (κ1) is 15.9. The minimum absolute atomic E-state index is 0.0620. The van der Waals surface area contributed by atoms with Crippen LogP contribution in [0, 0.1) is 0 Å². The van der Waals surface area contributed by atoms with Gasteiger partial charge in [0.25, 0.3) is 4.34 Å². The van der Waals surface area contributed by atoms with Crippen LogP contribution in [0.3, 0.4) is 0 Å². The summed E-state index contributed by atoms with van der Waals surface area (Å²) in [6, 6.07) is 6.94. The fraction of sp³-hybridized carbons (Fsp3) is 0.250. The first-order valence-corrected chi connectivity index (χ1v) is 8.56. The third kappa shape index (κ3) is 3.78. The van der Waals surface area contributed by atoms with E-state index in [2.05, 4.69) is 13.8 Å². The Morgan fingerprint density at radius 1 is 1.43 bits per heavy atom. The average Bonchev–Trinajstić information content (AvgIpc) is 2.89. The second kappa shape index (κ2) is 6.50. The number of rotatable bonds is 4. The SMILES string of the molecule is CCOC(C)=NS(=O)(=O)c1nc(-c2ccccc2Cl)ns1. The van der Waals surface area contributed by atoms with Gasteiger partial charge in [0.15, 0.2) is 11.7 Å². The van der Waals surface area contributed by atoms with Crippen molar-refractivity contribution in [3.05, 3.63) is 29.3 Å². The molecule has 0 aliphatic rings. The highest BCUT2D eigenvalue weighted by atomic mass is 35.5. The summed E-state index contributed by atoms with van der Waals surface area (Å²) in [5, 5.41) is 0.452. The summed E-state index contributed by atoms with van der Waals surface area (Å²) in [4.78, 5) is 4.00. The Bertz CT molecular complexity index is 772. The van der Waals surface area contributed by atoms with Gasteiger partial charge in [0.05, 0.1) is 11.6 Å². The molecule has 0 spiro atoms. The molecule has 0 saturated heterocycles. The number of ether oxygens (including phenoxy) is 1. The van der Waals surface area contributed by atoms with Crippen LogP contribution >= 0.6 is 23.1 Å². The Labute approximate surface area is 131 Å². The van der Waals surface area contributed by atoms with Gasteiger partial charge in [0.2, 0.25) is 0 Å². The Morgan fingerprint density at radius 2 is 2.14 bits per heavy atom. The number of benzene rings is 1. The van der Waals surface area contributed by atoms with E-state index in [4.69, 9.17) is 16.3 Å². The molecule has 0 aliphatic carbocycles. The number of hydrogen-bond acceptors (Lipinski definition) is 6. The first-order chi connectivity index (χ1) is 9.94. The molecule has 0 atom stereocenters. The number of hydrogen-bond donors (Lipinski definition) is 0. The van der Waals surface area contributed by atoms with Gasteiger partial charge in [0.1, 0.15) is 0 Å². The Morgan fingerprint density at radius 3 is 2.81 bits per heavy atom. The molecule has 21 heavy (non-hydrogen) atoms. The molecule has 0 saturated carbocycles. The van der Waals surface area contributed by atoms with Gasteiger partial charge in [0, 0.05) is 24.0 Å². The van der Waals surface area contributed by atoms with Crippen molar-refractivity contribution in [2.75, 3.05) is 6.61 Å². The molecule has 1 aromatic carbocycles. The van der Waals surface area contributed by atoms with Crippen LogP contribution in [0.5, 0.6) is 0 Å². The van der Waals surface area contributed by atoms with Crippen LogP contribution in [0.1, 0.15) is 13.8 Å². The van der Waals surface area contributed by atoms with Crippen molar-refractivity contribution in [1.29, 1.82) is 0 Å².